The van der Waals surface area contributed by atoms with Gasteiger partial charge in [-0.3, -0.25) is 4.98 Å². The summed E-state index contributed by atoms with van der Waals surface area (Å²) in [5.41, 5.74) is 0. The Labute approximate surface area is 111 Å². The third-order valence-corrected chi connectivity index (χ3v) is 2.62. The van der Waals surface area contributed by atoms with Gasteiger partial charge in [0.25, 0.3) is 0 Å². The van der Waals surface area contributed by atoms with E-state index in [1.54, 1.807) is 12.4 Å². The molecule has 0 fully saturated rings. The maximum Gasteiger partial charge on any atom is 0.138 e. The molecule has 1 N–H and O–H groups in total. The van der Waals surface area contributed by atoms with Crippen molar-refractivity contribution in [1.82, 2.24) is 15.2 Å². The van der Waals surface area contributed by atoms with Gasteiger partial charge in [0.1, 0.15) is 12.4 Å². The molecule has 5 heteroatoms. The lowest BCUT2D eigenvalue weighted by Crippen LogP contribution is -2.25. The van der Waals surface area contributed by atoms with Gasteiger partial charge in [-0.2, -0.15) is 0 Å². The van der Waals surface area contributed by atoms with E-state index in [1.807, 2.05) is 6.07 Å². The quantitative estimate of drug-likeness (QED) is 0.743. The summed E-state index contributed by atoms with van der Waals surface area (Å²) in [4.78, 5) is 6.22. The molecule has 0 radical (unpaired) electrons. The number of halogens is 1. The Morgan fingerprint density at radius 1 is 1.35 bits per heavy atom. The van der Waals surface area contributed by atoms with Crippen LogP contribution in [0.15, 0.2) is 22.9 Å². The van der Waals surface area contributed by atoms with Gasteiger partial charge in [0, 0.05) is 17.2 Å². The standard InChI is InChI=1S/C12H20BrN3O/c1-16(2)6-3-4-14-5-7-17-12-8-11(13)9-15-10-12/h8-10,14H,3-7H2,1-2H3. The molecule has 0 saturated heterocycles. The largest absolute Gasteiger partial charge is 0.491 e. The number of pyridine rings is 1. The first kappa shape index (κ1) is 14.4. The molecule has 0 saturated carbocycles. The van der Waals surface area contributed by atoms with Crippen LogP contribution in [0.25, 0.3) is 0 Å². The number of nitrogens with zero attached hydrogens (tertiary/aromatic N) is 2. The first-order chi connectivity index (χ1) is 8.18. The van der Waals surface area contributed by atoms with E-state index in [2.05, 4.69) is 45.2 Å². The molecular weight excluding hydrogens is 282 g/mol. The Kier molecular flexibility index (Phi) is 7.16. The molecular formula is C12H20BrN3O. The minimum Gasteiger partial charge on any atom is -0.491 e. The fraction of sp³-hybridized carbons (Fsp3) is 0.583. The molecule has 0 aliphatic heterocycles. The summed E-state index contributed by atoms with van der Waals surface area (Å²) in [5.74, 6) is 0.800. The first-order valence-corrected chi connectivity index (χ1v) is 6.56. The van der Waals surface area contributed by atoms with Gasteiger partial charge < -0.3 is 15.0 Å². The molecule has 1 aromatic rings. The van der Waals surface area contributed by atoms with Gasteiger partial charge in [0.05, 0.1) is 6.20 Å². The van der Waals surface area contributed by atoms with Crippen LogP contribution in [0.3, 0.4) is 0 Å². The Morgan fingerprint density at radius 3 is 2.88 bits per heavy atom. The minimum atomic E-state index is 0.667. The minimum absolute atomic E-state index is 0.667. The molecule has 0 unspecified atom stereocenters. The number of ether oxygens (including phenoxy) is 1. The lowest BCUT2D eigenvalue weighted by molar-refractivity contribution is 0.310. The van der Waals surface area contributed by atoms with Gasteiger partial charge in [0.15, 0.2) is 0 Å². The van der Waals surface area contributed by atoms with Crippen molar-refractivity contribution in [2.75, 3.05) is 40.3 Å². The van der Waals surface area contributed by atoms with E-state index in [0.29, 0.717) is 6.61 Å². The SMILES string of the molecule is CN(C)CCCNCCOc1cncc(Br)c1. The highest BCUT2D eigenvalue weighted by Gasteiger charge is 1.95. The molecule has 1 rings (SSSR count). The molecule has 0 bridgehead atoms. The van der Waals surface area contributed by atoms with Crippen molar-refractivity contribution in [3.8, 4) is 5.75 Å². The fourth-order valence-corrected chi connectivity index (χ4v) is 1.70. The van der Waals surface area contributed by atoms with Crippen LogP contribution in [0, 0.1) is 0 Å². The predicted octanol–water partition coefficient (Wildman–Crippen LogP) is 1.76. The summed E-state index contributed by atoms with van der Waals surface area (Å²) in [6.45, 7) is 3.67. The van der Waals surface area contributed by atoms with E-state index in [4.69, 9.17) is 4.74 Å². The Morgan fingerprint density at radius 2 is 2.18 bits per heavy atom. The Hall–Kier alpha value is -0.650. The molecule has 4 nitrogen and oxygen atoms in total. The van der Waals surface area contributed by atoms with E-state index in [1.165, 1.54) is 0 Å². The van der Waals surface area contributed by atoms with Crippen LogP contribution >= 0.6 is 15.9 Å². The van der Waals surface area contributed by atoms with Crippen LogP contribution in [0.1, 0.15) is 6.42 Å². The van der Waals surface area contributed by atoms with E-state index in [-0.39, 0.29) is 0 Å². The molecule has 0 spiro atoms. The number of aromatic nitrogens is 1. The molecule has 0 amide bonds. The smallest absolute Gasteiger partial charge is 0.138 e. The average molecular weight is 302 g/mol. The van der Waals surface area contributed by atoms with Gasteiger partial charge in [-0.15, -0.1) is 0 Å². The van der Waals surface area contributed by atoms with Crippen LogP contribution in [-0.2, 0) is 0 Å². The van der Waals surface area contributed by atoms with Crippen LogP contribution in [0.4, 0.5) is 0 Å². The van der Waals surface area contributed by atoms with Crippen LogP contribution in [0.2, 0.25) is 0 Å². The highest BCUT2D eigenvalue weighted by atomic mass is 79.9. The number of nitrogens with one attached hydrogen (secondary N) is 1. The second-order valence-corrected chi connectivity index (χ2v) is 5.01. The second-order valence-electron chi connectivity index (χ2n) is 4.09. The van der Waals surface area contributed by atoms with E-state index >= 15 is 0 Å². The maximum atomic E-state index is 5.55. The zero-order valence-corrected chi connectivity index (χ0v) is 12.0. The third kappa shape index (κ3) is 7.31. The van der Waals surface area contributed by atoms with E-state index in [9.17, 15) is 0 Å². The molecule has 0 aliphatic carbocycles. The summed E-state index contributed by atoms with van der Waals surface area (Å²) >= 11 is 3.36. The van der Waals surface area contributed by atoms with E-state index < -0.39 is 0 Å². The summed E-state index contributed by atoms with van der Waals surface area (Å²) in [5, 5.41) is 3.34. The lowest BCUT2D eigenvalue weighted by atomic mass is 10.4. The van der Waals surface area contributed by atoms with Crippen molar-refractivity contribution in [3.63, 3.8) is 0 Å². The van der Waals surface area contributed by atoms with Gasteiger partial charge in [-0.05, 0) is 55.6 Å². The zero-order chi connectivity index (χ0) is 12.5. The summed E-state index contributed by atoms with van der Waals surface area (Å²) in [6, 6.07) is 1.92. The number of hydrogen-bond acceptors (Lipinski definition) is 4. The molecule has 17 heavy (non-hydrogen) atoms. The molecule has 1 heterocycles. The highest BCUT2D eigenvalue weighted by molar-refractivity contribution is 9.10. The number of hydrogen-bond donors (Lipinski definition) is 1. The topological polar surface area (TPSA) is 37.4 Å². The average Bonchev–Trinajstić information content (AvgIpc) is 2.27. The van der Waals surface area contributed by atoms with Crippen molar-refractivity contribution < 1.29 is 4.74 Å². The second kappa shape index (κ2) is 8.44. The van der Waals surface area contributed by atoms with Gasteiger partial charge >= 0.3 is 0 Å². The summed E-state index contributed by atoms with van der Waals surface area (Å²) < 4.78 is 6.49. The van der Waals surface area contributed by atoms with Crippen LogP contribution < -0.4 is 10.1 Å². The van der Waals surface area contributed by atoms with Crippen molar-refractivity contribution in [2.45, 2.75) is 6.42 Å². The zero-order valence-electron chi connectivity index (χ0n) is 10.4. The highest BCUT2D eigenvalue weighted by Crippen LogP contribution is 2.15. The fourth-order valence-electron chi connectivity index (χ4n) is 1.36. The molecule has 96 valence electrons. The maximum absolute atomic E-state index is 5.55. The third-order valence-electron chi connectivity index (χ3n) is 2.19. The van der Waals surface area contributed by atoms with Crippen molar-refractivity contribution in [1.29, 1.82) is 0 Å². The van der Waals surface area contributed by atoms with E-state index in [0.717, 1.165) is 36.3 Å². The van der Waals surface area contributed by atoms with Crippen molar-refractivity contribution >= 4 is 15.9 Å². The predicted molar refractivity (Wildman–Crippen MR) is 73.5 cm³/mol. The van der Waals surface area contributed by atoms with Crippen LogP contribution in [0.5, 0.6) is 5.75 Å². The van der Waals surface area contributed by atoms with Crippen molar-refractivity contribution in [2.24, 2.45) is 0 Å². The Bertz CT molecular complexity index is 320. The Balaban J connectivity index is 2.01. The normalized spacial score (nSPS) is 10.8. The molecule has 0 aromatic carbocycles. The van der Waals surface area contributed by atoms with Gasteiger partial charge in [0.2, 0.25) is 0 Å². The molecule has 1 aromatic heterocycles. The van der Waals surface area contributed by atoms with Gasteiger partial charge in [-0.25, -0.2) is 0 Å². The monoisotopic (exact) mass is 301 g/mol. The summed E-state index contributed by atoms with van der Waals surface area (Å²) in [6.07, 6.45) is 4.62. The van der Waals surface area contributed by atoms with Crippen molar-refractivity contribution in [3.05, 3.63) is 22.9 Å². The first-order valence-electron chi connectivity index (χ1n) is 5.77. The molecule has 0 aliphatic rings. The van der Waals surface area contributed by atoms with Crippen LogP contribution in [-0.4, -0.2) is 50.2 Å². The number of rotatable bonds is 8. The molecule has 0 atom stereocenters. The lowest BCUT2D eigenvalue weighted by Gasteiger charge is -2.10. The summed E-state index contributed by atoms with van der Waals surface area (Å²) in [7, 11) is 4.17. The van der Waals surface area contributed by atoms with Gasteiger partial charge in [-0.1, -0.05) is 0 Å².